The average Bonchev–Trinajstić information content (AvgIpc) is 3.06. The van der Waals surface area contributed by atoms with Crippen LogP contribution in [0, 0.1) is 0 Å². The molecule has 3 N–H and O–H groups in total. The van der Waals surface area contributed by atoms with Gasteiger partial charge in [0, 0.05) is 11.4 Å². The highest BCUT2D eigenvalue weighted by Crippen LogP contribution is 2.16. The van der Waals surface area contributed by atoms with Crippen molar-refractivity contribution in [3.05, 3.63) is 48.4 Å². The van der Waals surface area contributed by atoms with Crippen LogP contribution in [0.4, 0.5) is 16.2 Å². The van der Waals surface area contributed by atoms with E-state index in [9.17, 15) is 14.4 Å². The average molecular weight is 359 g/mol. The van der Waals surface area contributed by atoms with Crippen molar-refractivity contribution in [2.75, 3.05) is 17.2 Å². The van der Waals surface area contributed by atoms with E-state index >= 15 is 0 Å². The molecule has 0 fully saturated rings. The van der Waals surface area contributed by atoms with Gasteiger partial charge in [0.15, 0.2) is 5.76 Å². The summed E-state index contributed by atoms with van der Waals surface area (Å²) in [6.07, 6.45) is 0.732. The first kappa shape index (κ1) is 19.0. The fourth-order valence-corrected chi connectivity index (χ4v) is 1.95. The molecule has 1 aromatic carbocycles. The van der Waals surface area contributed by atoms with E-state index in [2.05, 4.69) is 16.0 Å². The third-order valence-corrected chi connectivity index (χ3v) is 2.94. The summed E-state index contributed by atoms with van der Waals surface area (Å²) < 4.78 is 10.1. The molecular formula is C18H21N3O5. The lowest BCUT2D eigenvalue weighted by atomic mass is 10.2. The second-order valence-corrected chi connectivity index (χ2v) is 6.42. The fourth-order valence-electron chi connectivity index (χ4n) is 1.95. The summed E-state index contributed by atoms with van der Waals surface area (Å²) in [4.78, 5) is 35.4. The van der Waals surface area contributed by atoms with Gasteiger partial charge in [0.1, 0.15) is 12.1 Å². The number of amides is 3. The van der Waals surface area contributed by atoms with Crippen LogP contribution in [0.25, 0.3) is 0 Å². The summed E-state index contributed by atoms with van der Waals surface area (Å²) in [6.45, 7) is 4.96. The molecule has 0 bridgehead atoms. The number of hydrogen-bond donors (Lipinski definition) is 3. The van der Waals surface area contributed by atoms with Gasteiger partial charge >= 0.3 is 6.09 Å². The Morgan fingerprint density at radius 2 is 1.73 bits per heavy atom. The van der Waals surface area contributed by atoms with Crippen LogP contribution in [0.2, 0.25) is 0 Å². The smallest absolute Gasteiger partial charge is 0.408 e. The fraction of sp³-hybridized carbons (Fsp3) is 0.278. The molecule has 2 aromatic rings. The van der Waals surface area contributed by atoms with Crippen LogP contribution in [0.1, 0.15) is 31.3 Å². The summed E-state index contributed by atoms with van der Waals surface area (Å²) in [5.41, 5.74) is 0.323. The van der Waals surface area contributed by atoms with E-state index < -0.39 is 23.5 Å². The zero-order valence-electron chi connectivity index (χ0n) is 14.8. The van der Waals surface area contributed by atoms with Gasteiger partial charge in [-0.3, -0.25) is 9.59 Å². The largest absolute Gasteiger partial charge is 0.459 e. The Labute approximate surface area is 150 Å². The van der Waals surface area contributed by atoms with Gasteiger partial charge in [0.05, 0.1) is 6.26 Å². The lowest BCUT2D eigenvalue weighted by molar-refractivity contribution is -0.115. The van der Waals surface area contributed by atoms with E-state index in [4.69, 9.17) is 9.15 Å². The molecule has 0 aliphatic carbocycles. The molecule has 1 heterocycles. The van der Waals surface area contributed by atoms with Crippen molar-refractivity contribution >= 4 is 29.3 Å². The van der Waals surface area contributed by atoms with Gasteiger partial charge in [-0.1, -0.05) is 6.07 Å². The molecule has 1 aromatic heterocycles. The summed E-state index contributed by atoms with van der Waals surface area (Å²) in [5, 5.41) is 7.65. The molecule has 0 aliphatic heterocycles. The summed E-state index contributed by atoms with van der Waals surface area (Å²) >= 11 is 0. The zero-order valence-corrected chi connectivity index (χ0v) is 14.8. The highest BCUT2D eigenvalue weighted by molar-refractivity contribution is 6.02. The number of ether oxygens (including phenoxy) is 1. The third-order valence-electron chi connectivity index (χ3n) is 2.94. The van der Waals surface area contributed by atoms with E-state index in [-0.39, 0.29) is 12.3 Å². The Morgan fingerprint density at radius 3 is 2.35 bits per heavy atom. The standard InChI is InChI=1S/C18H21N3O5/c1-18(2,3)26-17(24)19-11-15(22)20-12-6-4-7-13(10-12)21-16(23)14-8-5-9-25-14/h4-10H,11H2,1-3H3,(H,19,24)(H,20,22)(H,21,23). The third kappa shape index (κ3) is 6.31. The van der Waals surface area contributed by atoms with Crippen molar-refractivity contribution < 1.29 is 23.5 Å². The Bertz CT molecular complexity index is 778. The molecule has 8 heteroatoms. The number of carbonyl (C=O) groups is 3. The first-order valence-electron chi connectivity index (χ1n) is 7.94. The number of rotatable bonds is 5. The van der Waals surface area contributed by atoms with Crippen LogP contribution >= 0.6 is 0 Å². The monoisotopic (exact) mass is 359 g/mol. The van der Waals surface area contributed by atoms with Crippen molar-refractivity contribution in [2.45, 2.75) is 26.4 Å². The summed E-state index contributed by atoms with van der Waals surface area (Å²) in [7, 11) is 0. The van der Waals surface area contributed by atoms with Gasteiger partial charge in [-0.05, 0) is 51.1 Å². The molecule has 0 saturated heterocycles. The predicted octanol–water partition coefficient (Wildman–Crippen LogP) is 3.00. The van der Waals surface area contributed by atoms with Crippen LogP contribution < -0.4 is 16.0 Å². The van der Waals surface area contributed by atoms with E-state index in [1.807, 2.05) is 0 Å². The number of alkyl carbamates (subject to hydrolysis) is 1. The van der Waals surface area contributed by atoms with Gasteiger partial charge in [0.2, 0.25) is 5.91 Å². The molecule has 8 nitrogen and oxygen atoms in total. The lowest BCUT2D eigenvalue weighted by Crippen LogP contribution is -2.37. The number of furan rings is 1. The van der Waals surface area contributed by atoms with Crippen molar-refractivity contribution in [1.29, 1.82) is 0 Å². The number of anilines is 2. The topological polar surface area (TPSA) is 110 Å². The minimum absolute atomic E-state index is 0.181. The maximum atomic E-state index is 11.9. The predicted molar refractivity (Wildman–Crippen MR) is 96.0 cm³/mol. The van der Waals surface area contributed by atoms with Crippen LogP contribution in [-0.4, -0.2) is 30.1 Å². The minimum atomic E-state index is -0.674. The number of carbonyl (C=O) groups excluding carboxylic acids is 3. The maximum absolute atomic E-state index is 11.9. The highest BCUT2D eigenvalue weighted by atomic mass is 16.6. The molecular weight excluding hydrogens is 338 g/mol. The second kappa shape index (κ2) is 8.19. The van der Waals surface area contributed by atoms with Crippen molar-refractivity contribution in [3.8, 4) is 0 Å². The van der Waals surface area contributed by atoms with E-state index in [0.717, 1.165) is 0 Å². The van der Waals surface area contributed by atoms with Crippen LogP contribution in [0.15, 0.2) is 47.1 Å². The number of benzene rings is 1. The van der Waals surface area contributed by atoms with Crippen molar-refractivity contribution in [1.82, 2.24) is 5.32 Å². The first-order valence-corrected chi connectivity index (χ1v) is 7.94. The van der Waals surface area contributed by atoms with Crippen LogP contribution in [-0.2, 0) is 9.53 Å². The molecule has 0 spiro atoms. The molecule has 138 valence electrons. The number of nitrogens with one attached hydrogen (secondary N) is 3. The minimum Gasteiger partial charge on any atom is -0.459 e. The molecule has 2 rings (SSSR count). The maximum Gasteiger partial charge on any atom is 0.408 e. The summed E-state index contributed by atoms with van der Waals surface area (Å²) in [5.74, 6) is -0.642. The van der Waals surface area contributed by atoms with E-state index in [1.54, 1.807) is 57.2 Å². The van der Waals surface area contributed by atoms with Gasteiger partial charge in [0.25, 0.3) is 5.91 Å². The Hall–Kier alpha value is -3.29. The van der Waals surface area contributed by atoms with E-state index in [0.29, 0.717) is 11.4 Å². The first-order chi connectivity index (χ1) is 12.2. The van der Waals surface area contributed by atoms with Crippen LogP contribution in [0.5, 0.6) is 0 Å². The zero-order chi connectivity index (χ0) is 19.2. The van der Waals surface area contributed by atoms with Gasteiger partial charge in [-0.15, -0.1) is 0 Å². The highest BCUT2D eigenvalue weighted by Gasteiger charge is 2.16. The molecule has 0 unspecified atom stereocenters. The van der Waals surface area contributed by atoms with E-state index in [1.165, 1.54) is 6.26 Å². The quantitative estimate of drug-likeness (QED) is 0.760. The molecule has 0 radical (unpaired) electrons. The van der Waals surface area contributed by atoms with Gasteiger partial charge < -0.3 is 25.1 Å². The molecule has 26 heavy (non-hydrogen) atoms. The second-order valence-electron chi connectivity index (χ2n) is 6.42. The Kier molecular flexibility index (Phi) is 6.00. The van der Waals surface area contributed by atoms with Crippen molar-refractivity contribution in [3.63, 3.8) is 0 Å². The molecule has 0 saturated carbocycles. The normalized spacial score (nSPS) is 10.7. The molecule has 3 amide bonds. The van der Waals surface area contributed by atoms with Crippen LogP contribution in [0.3, 0.4) is 0 Å². The Morgan fingerprint density at radius 1 is 1.04 bits per heavy atom. The number of hydrogen-bond acceptors (Lipinski definition) is 5. The van der Waals surface area contributed by atoms with Gasteiger partial charge in [-0.2, -0.15) is 0 Å². The van der Waals surface area contributed by atoms with Crippen molar-refractivity contribution in [2.24, 2.45) is 0 Å². The SMILES string of the molecule is CC(C)(C)OC(=O)NCC(=O)Nc1cccc(NC(=O)c2ccco2)c1. The Balaban J connectivity index is 1.86. The molecule has 0 aliphatic rings. The lowest BCUT2D eigenvalue weighted by Gasteiger charge is -2.19. The molecule has 0 atom stereocenters. The summed E-state index contributed by atoms with van der Waals surface area (Å²) in [6, 6.07) is 9.76. The van der Waals surface area contributed by atoms with Gasteiger partial charge in [-0.25, -0.2) is 4.79 Å².